The van der Waals surface area contributed by atoms with Gasteiger partial charge in [0.05, 0.1) is 12.0 Å². The van der Waals surface area contributed by atoms with Crippen LogP contribution in [0.2, 0.25) is 0 Å². The largest absolute Gasteiger partial charge is 0.444 e. The summed E-state index contributed by atoms with van der Waals surface area (Å²) in [5.74, 6) is 0.662. The third-order valence-electron chi connectivity index (χ3n) is 2.90. The first-order valence-corrected chi connectivity index (χ1v) is 6.84. The number of aromatic nitrogens is 2. The van der Waals surface area contributed by atoms with Gasteiger partial charge in [0.2, 0.25) is 0 Å². The molecule has 1 aromatic rings. The summed E-state index contributed by atoms with van der Waals surface area (Å²) in [4.78, 5) is 16.0. The molecular formula is C14H23N3O2. The second kappa shape index (κ2) is 5.23. The van der Waals surface area contributed by atoms with Crippen LogP contribution in [0.4, 0.5) is 4.79 Å². The minimum Gasteiger partial charge on any atom is -0.444 e. The van der Waals surface area contributed by atoms with Crippen LogP contribution in [0, 0.1) is 0 Å². The standard InChI is InChI=1S/C14H23N3O2/c1-10(16-13(18)19-14(2,3)4)7-17-8-12(15-9-17)11-5-6-11/h8-11H,5-7H2,1-4H3,(H,16,18)/t10-/m1/s1. The zero-order valence-corrected chi connectivity index (χ0v) is 12.1. The molecule has 1 aliphatic rings. The van der Waals surface area contributed by atoms with Crippen LogP contribution in [0.25, 0.3) is 0 Å². The molecule has 1 saturated carbocycles. The summed E-state index contributed by atoms with van der Waals surface area (Å²) in [7, 11) is 0. The van der Waals surface area contributed by atoms with Gasteiger partial charge in [-0.25, -0.2) is 9.78 Å². The van der Waals surface area contributed by atoms with E-state index in [1.165, 1.54) is 18.5 Å². The van der Waals surface area contributed by atoms with E-state index >= 15 is 0 Å². The van der Waals surface area contributed by atoms with Gasteiger partial charge in [0.1, 0.15) is 5.60 Å². The van der Waals surface area contributed by atoms with Crippen molar-refractivity contribution in [3.05, 3.63) is 18.2 Å². The Morgan fingerprint density at radius 2 is 2.26 bits per heavy atom. The fourth-order valence-corrected chi connectivity index (χ4v) is 1.94. The van der Waals surface area contributed by atoms with Gasteiger partial charge in [0.25, 0.3) is 0 Å². The number of ether oxygens (including phenoxy) is 1. The molecule has 1 amide bonds. The summed E-state index contributed by atoms with van der Waals surface area (Å²) in [5.41, 5.74) is 0.710. The highest BCUT2D eigenvalue weighted by molar-refractivity contribution is 5.67. The lowest BCUT2D eigenvalue weighted by atomic mass is 10.2. The van der Waals surface area contributed by atoms with Crippen LogP contribution in [0.15, 0.2) is 12.5 Å². The van der Waals surface area contributed by atoms with Crippen molar-refractivity contribution in [3.63, 3.8) is 0 Å². The third kappa shape index (κ3) is 4.58. The predicted octanol–water partition coefficient (Wildman–Crippen LogP) is 2.67. The summed E-state index contributed by atoms with van der Waals surface area (Å²) in [5, 5.41) is 2.83. The Hall–Kier alpha value is -1.52. The van der Waals surface area contributed by atoms with Crippen molar-refractivity contribution < 1.29 is 9.53 Å². The summed E-state index contributed by atoms with van der Waals surface area (Å²) in [6.07, 6.45) is 6.04. The maximum Gasteiger partial charge on any atom is 0.407 e. The second-order valence-corrected chi connectivity index (χ2v) is 6.32. The van der Waals surface area contributed by atoms with E-state index in [0.717, 1.165) is 0 Å². The van der Waals surface area contributed by atoms with Crippen molar-refractivity contribution in [2.24, 2.45) is 0 Å². The highest BCUT2D eigenvalue weighted by Crippen LogP contribution is 2.38. The molecule has 2 rings (SSSR count). The Morgan fingerprint density at radius 3 is 2.84 bits per heavy atom. The monoisotopic (exact) mass is 265 g/mol. The van der Waals surface area contributed by atoms with E-state index in [1.54, 1.807) is 0 Å². The molecule has 0 aliphatic heterocycles. The van der Waals surface area contributed by atoms with Gasteiger partial charge in [-0.3, -0.25) is 0 Å². The summed E-state index contributed by atoms with van der Waals surface area (Å²) < 4.78 is 7.25. The molecule has 106 valence electrons. The summed E-state index contributed by atoms with van der Waals surface area (Å²) >= 11 is 0. The van der Waals surface area contributed by atoms with Crippen LogP contribution >= 0.6 is 0 Å². The lowest BCUT2D eigenvalue weighted by molar-refractivity contribution is 0.0504. The van der Waals surface area contributed by atoms with Crippen LogP contribution in [0.3, 0.4) is 0 Å². The number of nitrogens with zero attached hydrogens (tertiary/aromatic N) is 2. The third-order valence-corrected chi connectivity index (χ3v) is 2.90. The molecule has 0 spiro atoms. The Balaban J connectivity index is 1.79. The van der Waals surface area contributed by atoms with E-state index in [2.05, 4.69) is 16.5 Å². The lowest BCUT2D eigenvalue weighted by Gasteiger charge is -2.22. The molecule has 0 bridgehead atoms. The van der Waals surface area contributed by atoms with Crippen molar-refractivity contribution in [2.45, 2.75) is 64.6 Å². The number of hydrogen-bond acceptors (Lipinski definition) is 3. The van der Waals surface area contributed by atoms with Crippen molar-refractivity contribution in [2.75, 3.05) is 0 Å². The molecule has 5 nitrogen and oxygen atoms in total. The van der Waals surface area contributed by atoms with E-state index in [9.17, 15) is 4.79 Å². The molecule has 1 N–H and O–H groups in total. The van der Waals surface area contributed by atoms with Crippen molar-refractivity contribution in [1.82, 2.24) is 14.9 Å². The first-order valence-electron chi connectivity index (χ1n) is 6.84. The first kappa shape index (κ1) is 13.9. The van der Waals surface area contributed by atoms with E-state index in [-0.39, 0.29) is 12.1 Å². The van der Waals surface area contributed by atoms with Crippen LogP contribution in [0.5, 0.6) is 0 Å². The fraction of sp³-hybridized carbons (Fsp3) is 0.714. The van der Waals surface area contributed by atoms with Crippen LogP contribution in [0.1, 0.15) is 52.1 Å². The molecule has 1 heterocycles. The molecule has 0 aromatic carbocycles. The van der Waals surface area contributed by atoms with Gasteiger partial charge >= 0.3 is 6.09 Å². The maximum absolute atomic E-state index is 11.6. The molecule has 1 aliphatic carbocycles. The number of amides is 1. The Labute approximate surface area is 114 Å². The first-order chi connectivity index (χ1) is 8.83. The molecule has 1 fully saturated rings. The van der Waals surface area contributed by atoms with Gasteiger partial charge in [0.15, 0.2) is 0 Å². The lowest BCUT2D eigenvalue weighted by Crippen LogP contribution is -2.39. The Morgan fingerprint density at radius 1 is 1.58 bits per heavy atom. The van der Waals surface area contributed by atoms with Gasteiger partial charge in [-0.15, -0.1) is 0 Å². The highest BCUT2D eigenvalue weighted by Gasteiger charge is 2.25. The van der Waals surface area contributed by atoms with Gasteiger partial charge in [0, 0.05) is 24.7 Å². The van der Waals surface area contributed by atoms with E-state index in [4.69, 9.17) is 4.74 Å². The smallest absolute Gasteiger partial charge is 0.407 e. The number of rotatable bonds is 4. The number of nitrogens with one attached hydrogen (secondary N) is 1. The quantitative estimate of drug-likeness (QED) is 0.910. The van der Waals surface area contributed by atoms with E-state index in [0.29, 0.717) is 12.5 Å². The number of carbonyl (C=O) groups is 1. The van der Waals surface area contributed by atoms with Crippen molar-refractivity contribution in [1.29, 1.82) is 0 Å². The number of alkyl carbamates (subject to hydrolysis) is 1. The Bertz CT molecular complexity index is 444. The number of imidazole rings is 1. The molecule has 1 aromatic heterocycles. The second-order valence-electron chi connectivity index (χ2n) is 6.32. The molecular weight excluding hydrogens is 242 g/mol. The van der Waals surface area contributed by atoms with E-state index in [1.807, 2.05) is 38.6 Å². The minimum absolute atomic E-state index is 0.0103. The zero-order valence-electron chi connectivity index (χ0n) is 12.1. The van der Waals surface area contributed by atoms with E-state index < -0.39 is 5.60 Å². The fourth-order valence-electron chi connectivity index (χ4n) is 1.94. The number of hydrogen-bond donors (Lipinski definition) is 1. The van der Waals surface area contributed by atoms with Gasteiger partial charge < -0.3 is 14.6 Å². The average Bonchev–Trinajstić information content (AvgIpc) is 2.97. The van der Waals surface area contributed by atoms with Gasteiger partial charge in [-0.1, -0.05) is 0 Å². The van der Waals surface area contributed by atoms with Gasteiger partial charge in [-0.05, 0) is 40.5 Å². The topological polar surface area (TPSA) is 56.2 Å². The molecule has 5 heteroatoms. The average molecular weight is 265 g/mol. The highest BCUT2D eigenvalue weighted by atomic mass is 16.6. The van der Waals surface area contributed by atoms with Crippen LogP contribution < -0.4 is 5.32 Å². The molecule has 19 heavy (non-hydrogen) atoms. The molecule has 0 unspecified atom stereocenters. The molecule has 0 saturated heterocycles. The van der Waals surface area contributed by atoms with Crippen LogP contribution in [-0.4, -0.2) is 27.3 Å². The number of carbonyl (C=O) groups excluding carboxylic acids is 1. The van der Waals surface area contributed by atoms with Gasteiger partial charge in [-0.2, -0.15) is 0 Å². The molecule has 1 atom stereocenters. The van der Waals surface area contributed by atoms with Crippen LogP contribution in [-0.2, 0) is 11.3 Å². The minimum atomic E-state index is -0.460. The normalized spacial score (nSPS) is 17.1. The SMILES string of the molecule is C[C@H](Cn1cnc(C2CC2)c1)NC(=O)OC(C)(C)C. The summed E-state index contributed by atoms with van der Waals surface area (Å²) in [6, 6.07) is 0.0103. The predicted molar refractivity (Wildman–Crippen MR) is 73.0 cm³/mol. The van der Waals surface area contributed by atoms with Crippen molar-refractivity contribution >= 4 is 6.09 Å². The summed E-state index contributed by atoms with van der Waals surface area (Å²) in [6.45, 7) is 8.23. The zero-order chi connectivity index (χ0) is 14.0. The maximum atomic E-state index is 11.6. The van der Waals surface area contributed by atoms with Crippen molar-refractivity contribution in [3.8, 4) is 0 Å². The Kier molecular flexibility index (Phi) is 3.83. The molecule has 0 radical (unpaired) electrons.